The van der Waals surface area contributed by atoms with Gasteiger partial charge < -0.3 is 5.32 Å². The number of rotatable bonds is 5. The van der Waals surface area contributed by atoms with E-state index in [0.29, 0.717) is 5.69 Å². The first-order valence-electron chi connectivity index (χ1n) is 7.87. The zero-order valence-electron chi connectivity index (χ0n) is 13.6. The average Bonchev–Trinajstić information content (AvgIpc) is 3.10. The van der Waals surface area contributed by atoms with E-state index in [9.17, 15) is 9.18 Å². The maximum absolute atomic E-state index is 13.0. The Morgan fingerprint density at radius 1 is 1.16 bits per heavy atom. The molecule has 0 spiro atoms. The number of nitrogens with zero attached hydrogens (tertiary/aromatic N) is 1. The first-order chi connectivity index (χ1) is 12.1. The zero-order valence-corrected chi connectivity index (χ0v) is 14.5. The lowest BCUT2D eigenvalue weighted by atomic mass is 10.1. The van der Waals surface area contributed by atoms with Gasteiger partial charge >= 0.3 is 0 Å². The summed E-state index contributed by atoms with van der Waals surface area (Å²) in [6.07, 6.45) is 3.15. The van der Waals surface area contributed by atoms with Gasteiger partial charge in [0.1, 0.15) is 10.8 Å². The van der Waals surface area contributed by atoms with Gasteiger partial charge in [-0.05, 0) is 42.8 Å². The predicted molar refractivity (Wildman–Crippen MR) is 99.5 cm³/mol. The Bertz CT molecular complexity index is 872. The fourth-order valence-corrected chi connectivity index (χ4v) is 3.13. The Morgan fingerprint density at radius 2 is 1.88 bits per heavy atom. The summed E-state index contributed by atoms with van der Waals surface area (Å²) in [4.78, 5) is 16.5. The first-order valence-corrected chi connectivity index (χ1v) is 8.75. The standard InChI is InChI=1S/C20H17FN2OS/c1-14(15-5-3-2-4-6-15)22-19(24)12-11-18-13-25-20(23-18)16-7-9-17(21)10-8-16/h2-14H,1H3,(H,22,24)/b12-11+. The van der Waals surface area contributed by atoms with Gasteiger partial charge in [-0.15, -0.1) is 11.3 Å². The molecule has 1 atom stereocenters. The smallest absolute Gasteiger partial charge is 0.244 e. The summed E-state index contributed by atoms with van der Waals surface area (Å²) < 4.78 is 13.0. The second-order valence-corrected chi connectivity index (χ2v) is 6.42. The highest BCUT2D eigenvalue weighted by molar-refractivity contribution is 7.13. The second-order valence-electron chi connectivity index (χ2n) is 5.56. The van der Waals surface area contributed by atoms with Crippen molar-refractivity contribution in [2.75, 3.05) is 0 Å². The van der Waals surface area contributed by atoms with E-state index in [2.05, 4.69) is 10.3 Å². The summed E-state index contributed by atoms with van der Waals surface area (Å²) in [6, 6.07) is 15.9. The van der Waals surface area contributed by atoms with Crippen molar-refractivity contribution in [3.8, 4) is 10.6 Å². The molecule has 1 N–H and O–H groups in total. The predicted octanol–water partition coefficient (Wildman–Crippen LogP) is 4.84. The molecule has 3 aromatic rings. The van der Waals surface area contributed by atoms with Crippen molar-refractivity contribution in [3.63, 3.8) is 0 Å². The lowest BCUT2D eigenvalue weighted by Gasteiger charge is -2.12. The van der Waals surface area contributed by atoms with Crippen LogP contribution in [0.15, 0.2) is 66.1 Å². The molecule has 1 heterocycles. The van der Waals surface area contributed by atoms with Crippen molar-refractivity contribution in [2.24, 2.45) is 0 Å². The van der Waals surface area contributed by atoms with Gasteiger partial charge in [-0.1, -0.05) is 30.3 Å². The minimum Gasteiger partial charge on any atom is -0.346 e. The molecule has 25 heavy (non-hydrogen) atoms. The fourth-order valence-electron chi connectivity index (χ4n) is 2.34. The van der Waals surface area contributed by atoms with E-state index in [-0.39, 0.29) is 17.8 Å². The minimum absolute atomic E-state index is 0.0661. The molecule has 0 bridgehead atoms. The quantitative estimate of drug-likeness (QED) is 0.668. The van der Waals surface area contributed by atoms with E-state index in [0.717, 1.165) is 16.1 Å². The monoisotopic (exact) mass is 352 g/mol. The average molecular weight is 352 g/mol. The van der Waals surface area contributed by atoms with E-state index >= 15 is 0 Å². The van der Waals surface area contributed by atoms with E-state index in [4.69, 9.17) is 0 Å². The second kappa shape index (κ2) is 7.85. The summed E-state index contributed by atoms with van der Waals surface area (Å²) in [6.45, 7) is 1.94. The van der Waals surface area contributed by atoms with Crippen molar-refractivity contribution < 1.29 is 9.18 Å². The number of hydrogen-bond acceptors (Lipinski definition) is 3. The molecule has 0 fully saturated rings. The molecule has 1 aromatic heterocycles. The summed E-state index contributed by atoms with van der Waals surface area (Å²) in [5.41, 5.74) is 2.61. The highest BCUT2D eigenvalue weighted by Crippen LogP contribution is 2.24. The van der Waals surface area contributed by atoms with Gasteiger partial charge in [0.25, 0.3) is 0 Å². The van der Waals surface area contributed by atoms with E-state index < -0.39 is 0 Å². The number of carbonyl (C=O) groups excluding carboxylic acids is 1. The summed E-state index contributed by atoms with van der Waals surface area (Å²) in [5.74, 6) is -0.447. The molecule has 0 aliphatic heterocycles. The molecule has 1 amide bonds. The van der Waals surface area contributed by atoms with Gasteiger partial charge in [-0.3, -0.25) is 4.79 Å². The summed E-state index contributed by atoms with van der Waals surface area (Å²) in [7, 11) is 0. The number of benzene rings is 2. The van der Waals surface area contributed by atoms with Crippen LogP contribution >= 0.6 is 11.3 Å². The molecule has 126 valence electrons. The van der Waals surface area contributed by atoms with Crippen LogP contribution in [0.1, 0.15) is 24.2 Å². The normalized spacial score (nSPS) is 12.2. The van der Waals surface area contributed by atoms with Crippen LogP contribution in [-0.2, 0) is 4.79 Å². The Labute approximate surface area is 149 Å². The van der Waals surface area contributed by atoms with Crippen LogP contribution < -0.4 is 5.32 Å². The lowest BCUT2D eigenvalue weighted by Crippen LogP contribution is -2.24. The van der Waals surface area contributed by atoms with Crippen molar-refractivity contribution in [2.45, 2.75) is 13.0 Å². The molecule has 0 aliphatic carbocycles. The van der Waals surface area contributed by atoms with Crippen LogP contribution in [0, 0.1) is 5.82 Å². The number of nitrogens with one attached hydrogen (secondary N) is 1. The molecular weight excluding hydrogens is 335 g/mol. The number of thiazole rings is 1. The fraction of sp³-hybridized carbons (Fsp3) is 0.100. The molecule has 5 heteroatoms. The van der Waals surface area contributed by atoms with E-state index in [1.54, 1.807) is 18.2 Å². The SMILES string of the molecule is CC(NC(=O)/C=C/c1csc(-c2ccc(F)cc2)n1)c1ccccc1. The van der Waals surface area contributed by atoms with Crippen LogP contribution in [0.5, 0.6) is 0 Å². The summed E-state index contributed by atoms with van der Waals surface area (Å²) >= 11 is 1.45. The van der Waals surface area contributed by atoms with Gasteiger partial charge in [0.15, 0.2) is 0 Å². The molecule has 1 unspecified atom stereocenters. The van der Waals surface area contributed by atoms with Crippen molar-refractivity contribution in [3.05, 3.63) is 83.1 Å². The molecule has 3 rings (SSSR count). The third kappa shape index (κ3) is 4.61. The molecule has 0 saturated carbocycles. The van der Waals surface area contributed by atoms with Gasteiger partial charge in [-0.2, -0.15) is 0 Å². The third-order valence-electron chi connectivity index (χ3n) is 3.68. The van der Waals surface area contributed by atoms with Gasteiger partial charge in [0.2, 0.25) is 5.91 Å². The molecule has 0 saturated heterocycles. The van der Waals surface area contributed by atoms with Gasteiger partial charge in [-0.25, -0.2) is 9.37 Å². The number of carbonyl (C=O) groups is 1. The van der Waals surface area contributed by atoms with Crippen LogP contribution in [0.3, 0.4) is 0 Å². The number of aromatic nitrogens is 1. The van der Waals surface area contributed by atoms with Crippen molar-refractivity contribution in [1.29, 1.82) is 0 Å². The zero-order chi connectivity index (χ0) is 17.6. The van der Waals surface area contributed by atoms with E-state index in [1.807, 2.05) is 42.6 Å². The summed E-state index contributed by atoms with van der Waals surface area (Å²) in [5, 5.41) is 5.57. The van der Waals surface area contributed by atoms with Crippen LogP contribution in [0.4, 0.5) is 4.39 Å². The van der Waals surface area contributed by atoms with E-state index in [1.165, 1.54) is 29.5 Å². The van der Waals surface area contributed by atoms with Crippen LogP contribution in [0.2, 0.25) is 0 Å². The maximum Gasteiger partial charge on any atom is 0.244 e. The minimum atomic E-state index is -0.273. The van der Waals surface area contributed by atoms with Gasteiger partial charge in [0, 0.05) is 17.0 Å². The maximum atomic E-state index is 13.0. The number of halogens is 1. The third-order valence-corrected chi connectivity index (χ3v) is 4.59. The Morgan fingerprint density at radius 3 is 2.60 bits per heavy atom. The Balaban J connectivity index is 1.62. The molecule has 3 nitrogen and oxygen atoms in total. The number of hydrogen-bond donors (Lipinski definition) is 1. The molecule has 2 aromatic carbocycles. The van der Waals surface area contributed by atoms with Crippen LogP contribution in [-0.4, -0.2) is 10.9 Å². The van der Waals surface area contributed by atoms with Crippen LogP contribution in [0.25, 0.3) is 16.6 Å². The largest absolute Gasteiger partial charge is 0.346 e. The Hall–Kier alpha value is -2.79. The van der Waals surface area contributed by atoms with Gasteiger partial charge in [0.05, 0.1) is 11.7 Å². The lowest BCUT2D eigenvalue weighted by molar-refractivity contribution is -0.117. The first kappa shape index (κ1) is 17.0. The molecular formula is C20H17FN2OS. The topological polar surface area (TPSA) is 42.0 Å². The highest BCUT2D eigenvalue weighted by atomic mass is 32.1. The Kier molecular flexibility index (Phi) is 5.36. The molecule has 0 radical (unpaired) electrons. The number of amides is 1. The van der Waals surface area contributed by atoms with Crippen molar-refractivity contribution >= 4 is 23.3 Å². The van der Waals surface area contributed by atoms with Crippen molar-refractivity contribution in [1.82, 2.24) is 10.3 Å². The highest BCUT2D eigenvalue weighted by Gasteiger charge is 2.07. The molecule has 0 aliphatic rings.